The van der Waals surface area contributed by atoms with Gasteiger partial charge in [0.15, 0.2) is 0 Å². The number of hydrogen-bond acceptors (Lipinski definition) is 4. The number of nitrogens with two attached hydrogens (primary N) is 1. The number of benzene rings is 1. The maximum atomic E-state index is 13.9. The SMILES string of the molecule is Cc1cc(N)cc(S(=O)(=O)NCCCc2ncc[nH]2)c1F. The number of aromatic amines is 1. The van der Waals surface area contributed by atoms with Gasteiger partial charge in [0.1, 0.15) is 16.5 Å². The molecular weight excluding hydrogens is 295 g/mol. The molecule has 6 nitrogen and oxygen atoms in total. The van der Waals surface area contributed by atoms with Gasteiger partial charge in [-0.05, 0) is 31.0 Å². The minimum atomic E-state index is -3.91. The molecule has 1 aromatic carbocycles. The number of nitrogens with zero attached hydrogens (tertiary/aromatic N) is 1. The second-order valence-corrected chi connectivity index (χ2v) is 6.42. The monoisotopic (exact) mass is 312 g/mol. The van der Waals surface area contributed by atoms with Gasteiger partial charge in [-0.1, -0.05) is 0 Å². The quantitative estimate of drug-likeness (QED) is 0.553. The molecule has 0 aliphatic heterocycles. The fraction of sp³-hybridized carbons (Fsp3) is 0.308. The number of sulfonamides is 1. The molecule has 0 aliphatic carbocycles. The average molecular weight is 312 g/mol. The number of imidazole rings is 1. The topological polar surface area (TPSA) is 101 Å². The molecule has 0 spiro atoms. The standard InChI is InChI=1S/C13H17FN4O2S/c1-9-7-10(15)8-11(13(9)14)21(19,20)18-4-2-3-12-16-5-6-17-12/h5-8,18H,2-4,15H2,1H3,(H,16,17). The molecule has 4 N–H and O–H groups in total. The van der Waals surface area contributed by atoms with Crippen LogP contribution >= 0.6 is 0 Å². The second kappa shape index (κ2) is 6.23. The molecule has 0 saturated carbocycles. The third-order valence-corrected chi connectivity index (χ3v) is 4.43. The van der Waals surface area contributed by atoms with E-state index in [0.717, 1.165) is 11.9 Å². The molecule has 0 bridgehead atoms. The van der Waals surface area contributed by atoms with Crippen LogP contribution in [0, 0.1) is 12.7 Å². The summed E-state index contributed by atoms with van der Waals surface area (Å²) < 4.78 is 40.5. The van der Waals surface area contributed by atoms with E-state index in [2.05, 4.69) is 14.7 Å². The highest BCUT2D eigenvalue weighted by Gasteiger charge is 2.20. The summed E-state index contributed by atoms with van der Waals surface area (Å²) in [6.07, 6.45) is 4.48. The molecule has 0 fully saturated rings. The van der Waals surface area contributed by atoms with Crippen molar-refractivity contribution in [1.29, 1.82) is 0 Å². The Morgan fingerprint density at radius 3 is 2.86 bits per heavy atom. The Labute approximate surface area is 122 Å². The Morgan fingerprint density at radius 2 is 2.19 bits per heavy atom. The Kier molecular flexibility index (Phi) is 4.59. The van der Waals surface area contributed by atoms with Crippen LogP contribution in [0.3, 0.4) is 0 Å². The van der Waals surface area contributed by atoms with Crippen molar-refractivity contribution in [2.24, 2.45) is 0 Å². The minimum Gasteiger partial charge on any atom is -0.399 e. The van der Waals surface area contributed by atoms with Crippen molar-refractivity contribution < 1.29 is 12.8 Å². The summed E-state index contributed by atoms with van der Waals surface area (Å²) in [6.45, 7) is 1.66. The molecule has 1 heterocycles. The van der Waals surface area contributed by atoms with E-state index in [1.807, 2.05) is 0 Å². The van der Waals surface area contributed by atoms with Crippen molar-refractivity contribution in [3.63, 3.8) is 0 Å². The highest BCUT2D eigenvalue weighted by molar-refractivity contribution is 7.89. The Hall–Kier alpha value is -1.93. The molecule has 0 atom stereocenters. The summed E-state index contributed by atoms with van der Waals surface area (Å²) in [5.41, 5.74) is 5.99. The minimum absolute atomic E-state index is 0.191. The van der Waals surface area contributed by atoms with E-state index in [4.69, 9.17) is 5.73 Å². The number of halogens is 1. The summed E-state index contributed by atoms with van der Waals surface area (Å²) in [7, 11) is -3.91. The third kappa shape index (κ3) is 3.79. The van der Waals surface area contributed by atoms with Gasteiger partial charge in [-0.15, -0.1) is 0 Å². The number of hydrogen-bond donors (Lipinski definition) is 3. The number of aryl methyl sites for hydroxylation is 2. The molecule has 8 heteroatoms. The Morgan fingerprint density at radius 1 is 1.43 bits per heavy atom. The molecule has 0 unspecified atom stereocenters. The first-order valence-electron chi connectivity index (χ1n) is 6.43. The molecule has 0 amide bonds. The lowest BCUT2D eigenvalue weighted by Gasteiger charge is -2.10. The largest absolute Gasteiger partial charge is 0.399 e. The van der Waals surface area contributed by atoms with Gasteiger partial charge in [-0.3, -0.25) is 0 Å². The van der Waals surface area contributed by atoms with E-state index in [1.165, 1.54) is 13.0 Å². The number of anilines is 1. The van der Waals surface area contributed by atoms with Crippen molar-refractivity contribution in [2.45, 2.75) is 24.7 Å². The first-order chi connectivity index (χ1) is 9.90. The average Bonchev–Trinajstić information content (AvgIpc) is 2.92. The zero-order chi connectivity index (χ0) is 15.5. The van der Waals surface area contributed by atoms with Crippen LogP contribution in [-0.4, -0.2) is 24.9 Å². The van der Waals surface area contributed by atoms with Crippen LogP contribution in [0.2, 0.25) is 0 Å². The van der Waals surface area contributed by atoms with Crippen molar-refractivity contribution >= 4 is 15.7 Å². The van der Waals surface area contributed by atoms with E-state index in [-0.39, 0.29) is 17.8 Å². The van der Waals surface area contributed by atoms with Gasteiger partial charge in [-0.25, -0.2) is 22.5 Å². The summed E-state index contributed by atoms with van der Waals surface area (Å²) in [6, 6.07) is 2.52. The zero-order valence-electron chi connectivity index (χ0n) is 11.6. The molecule has 0 aliphatic rings. The van der Waals surface area contributed by atoms with Crippen LogP contribution in [-0.2, 0) is 16.4 Å². The highest BCUT2D eigenvalue weighted by Crippen LogP contribution is 2.21. The van der Waals surface area contributed by atoms with E-state index in [1.54, 1.807) is 12.4 Å². The van der Waals surface area contributed by atoms with Gasteiger partial charge in [0.25, 0.3) is 0 Å². The lowest BCUT2D eigenvalue weighted by molar-refractivity contribution is 0.551. The molecule has 2 rings (SSSR count). The molecule has 0 radical (unpaired) electrons. The molecule has 114 valence electrons. The van der Waals surface area contributed by atoms with Crippen LogP contribution in [0.1, 0.15) is 17.8 Å². The Bertz CT molecular complexity index is 714. The van der Waals surface area contributed by atoms with E-state index < -0.39 is 20.7 Å². The predicted octanol–water partition coefficient (Wildman–Crippen LogP) is 1.35. The second-order valence-electron chi connectivity index (χ2n) is 4.69. The first kappa shape index (κ1) is 15.5. The van der Waals surface area contributed by atoms with Crippen LogP contribution < -0.4 is 10.5 Å². The van der Waals surface area contributed by atoms with Crippen molar-refractivity contribution in [2.75, 3.05) is 12.3 Å². The summed E-state index contributed by atoms with van der Waals surface area (Å²) in [4.78, 5) is 6.54. The first-order valence-corrected chi connectivity index (χ1v) is 7.92. The van der Waals surface area contributed by atoms with Crippen molar-refractivity contribution in [1.82, 2.24) is 14.7 Å². The number of H-pyrrole nitrogens is 1. The number of nitrogens with one attached hydrogen (secondary N) is 2. The van der Waals surface area contributed by atoms with Gasteiger partial charge in [0.05, 0.1) is 0 Å². The molecule has 21 heavy (non-hydrogen) atoms. The Balaban J connectivity index is 2.02. The van der Waals surface area contributed by atoms with Crippen molar-refractivity contribution in [3.8, 4) is 0 Å². The maximum Gasteiger partial charge on any atom is 0.243 e. The summed E-state index contributed by atoms with van der Waals surface area (Å²) in [5.74, 6) is 0.00270. The lowest BCUT2D eigenvalue weighted by atomic mass is 10.2. The van der Waals surface area contributed by atoms with E-state index in [9.17, 15) is 12.8 Å². The zero-order valence-corrected chi connectivity index (χ0v) is 12.4. The van der Waals surface area contributed by atoms with Crippen LogP contribution in [0.15, 0.2) is 29.4 Å². The summed E-state index contributed by atoms with van der Waals surface area (Å²) in [5, 5.41) is 0. The lowest BCUT2D eigenvalue weighted by Crippen LogP contribution is -2.26. The molecule has 0 saturated heterocycles. The maximum absolute atomic E-state index is 13.9. The smallest absolute Gasteiger partial charge is 0.243 e. The van der Waals surface area contributed by atoms with Crippen LogP contribution in [0.5, 0.6) is 0 Å². The van der Waals surface area contributed by atoms with Gasteiger partial charge < -0.3 is 10.7 Å². The predicted molar refractivity (Wildman–Crippen MR) is 77.6 cm³/mol. The molecule has 2 aromatic rings. The third-order valence-electron chi connectivity index (χ3n) is 2.97. The number of nitrogen functional groups attached to an aromatic ring is 1. The molecular formula is C13H17FN4O2S. The van der Waals surface area contributed by atoms with E-state index >= 15 is 0 Å². The van der Waals surface area contributed by atoms with Gasteiger partial charge >= 0.3 is 0 Å². The normalized spacial score (nSPS) is 11.7. The molecule has 1 aromatic heterocycles. The van der Waals surface area contributed by atoms with Gasteiger partial charge in [0.2, 0.25) is 10.0 Å². The van der Waals surface area contributed by atoms with Crippen LogP contribution in [0.4, 0.5) is 10.1 Å². The number of aromatic nitrogens is 2. The van der Waals surface area contributed by atoms with Crippen LogP contribution in [0.25, 0.3) is 0 Å². The summed E-state index contributed by atoms with van der Waals surface area (Å²) >= 11 is 0. The fourth-order valence-electron chi connectivity index (χ4n) is 1.93. The van der Waals surface area contributed by atoms with Gasteiger partial charge in [-0.2, -0.15) is 0 Å². The fourth-order valence-corrected chi connectivity index (χ4v) is 3.19. The number of rotatable bonds is 6. The van der Waals surface area contributed by atoms with E-state index in [0.29, 0.717) is 12.8 Å². The van der Waals surface area contributed by atoms with Gasteiger partial charge in [0, 0.05) is 31.0 Å². The highest BCUT2D eigenvalue weighted by atomic mass is 32.2. The van der Waals surface area contributed by atoms with Crippen molar-refractivity contribution in [3.05, 3.63) is 41.7 Å².